The molecule has 0 bridgehead atoms. The maximum absolute atomic E-state index is 10.3. The molecule has 1 nitrogen and oxygen atoms in total. The van der Waals surface area contributed by atoms with Crippen LogP contribution in [0, 0.1) is 34.5 Å². The summed E-state index contributed by atoms with van der Waals surface area (Å²) < 4.78 is 0. The minimum atomic E-state index is -0.0274. The van der Waals surface area contributed by atoms with Crippen LogP contribution in [0.3, 0.4) is 0 Å². The van der Waals surface area contributed by atoms with Gasteiger partial charge in [0.2, 0.25) is 0 Å². The van der Waals surface area contributed by atoms with E-state index in [0.717, 1.165) is 42.4 Å². The number of aliphatic hydroxyl groups excluding tert-OH is 1. The van der Waals surface area contributed by atoms with Gasteiger partial charge in [0.05, 0.1) is 6.10 Å². The molecule has 5 rings (SSSR count). The first-order valence-electron chi connectivity index (χ1n) is 12.9. The Kier molecular flexibility index (Phi) is 4.98. The third-order valence-electron chi connectivity index (χ3n) is 10.8. The average Bonchev–Trinajstić information content (AvgIpc) is 3.05. The second kappa shape index (κ2) is 7.09. The summed E-state index contributed by atoms with van der Waals surface area (Å²) in [4.78, 5) is 0. The van der Waals surface area contributed by atoms with Gasteiger partial charge in [-0.2, -0.15) is 0 Å². The predicted molar refractivity (Wildman–Crippen MR) is 126 cm³/mol. The normalized spacial score (nSPS) is 46.1. The summed E-state index contributed by atoms with van der Waals surface area (Å²) in [5.74, 6) is 4.27. The van der Waals surface area contributed by atoms with Gasteiger partial charge in [0.15, 0.2) is 0 Å². The van der Waals surface area contributed by atoms with Gasteiger partial charge in [-0.05, 0) is 115 Å². The Labute approximate surface area is 185 Å². The smallest absolute Gasteiger partial charge is 0.0543 e. The largest absolute Gasteiger partial charge is 0.393 e. The molecule has 4 saturated carbocycles. The maximum atomic E-state index is 10.3. The fourth-order valence-corrected chi connectivity index (χ4v) is 9.00. The molecule has 1 aromatic rings. The highest BCUT2D eigenvalue weighted by Crippen LogP contribution is 2.69. The molecule has 1 N–H and O–H groups in total. The second-order valence-corrected chi connectivity index (χ2v) is 13.1. The lowest BCUT2D eigenvalue weighted by molar-refractivity contribution is -0.122. The van der Waals surface area contributed by atoms with Crippen molar-refractivity contribution in [1.82, 2.24) is 0 Å². The molecule has 0 aliphatic heterocycles. The predicted octanol–water partition coefficient (Wildman–Crippen LogP) is 7.47. The first kappa shape index (κ1) is 21.0. The molecule has 1 heteroatoms. The molecule has 4 aliphatic carbocycles. The maximum Gasteiger partial charge on any atom is 0.0543 e. The molecule has 166 valence electrons. The summed E-state index contributed by atoms with van der Waals surface area (Å²) >= 11 is 0. The molecule has 1 unspecified atom stereocenters. The van der Waals surface area contributed by atoms with E-state index in [1.54, 1.807) is 5.56 Å². The minimum absolute atomic E-state index is 0.0274. The van der Waals surface area contributed by atoms with Crippen molar-refractivity contribution in [1.29, 1.82) is 0 Å². The quantitative estimate of drug-likeness (QED) is 0.511. The van der Waals surface area contributed by atoms with Gasteiger partial charge in [-0.1, -0.05) is 58.9 Å². The SMILES string of the molecule is CC(C)(C)c1ccc([C@H]2CC[C@H]3[C@@H]4CCC5C[C@@H](O)CC[C@]5(C)[C@H]4CC[C@]23C)cc1. The summed E-state index contributed by atoms with van der Waals surface area (Å²) in [6.45, 7) is 12.2. The topological polar surface area (TPSA) is 20.2 Å². The van der Waals surface area contributed by atoms with Crippen LogP contribution >= 0.6 is 0 Å². The molecule has 4 fully saturated rings. The molecule has 0 radical (unpaired) electrons. The van der Waals surface area contributed by atoms with E-state index >= 15 is 0 Å². The third-order valence-corrected chi connectivity index (χ3v) is 10.8. The molecule has 0 amide bonds. The number of hydrogen-bond acceptors (Lipinski definition) is 1. The summed E-state index contributed by atoms with van der Waals surface area (Å²) in [6, 6.07) is 9.73. The Hall–Kier alpha value is -0.820. The molecule has 8 atom stereocenters. The van der Waals surface area contributed by atoms with Crippen molar-refractivity contribution in [2.45, 2.75) is 110 Å². The lowest BCUT2D eigenvalue weighted by Gasteiger charge is -2.61. The van der Waals surface area contributed by atoms with Crippen LogP contribution in [-0.4, -0.2) is 11.2 Å². The molecular formula is C29H44O. The lowest BCUT2D eigenvalue weighted by atomic mass is 9.44. The lowest BCUT2D eigenvalue weighted by Crippen LogP contribution is -2.53. The summed E-state index contributed by atoms with van der Waals surface area (Å²) in [7, 11) is 0. The van der Waals surface area contributed by atoms with Crippen LogP contribution in [0.5, 0.6) is 0 Å². The number of fused-ring (bicyclic) bond motifs is 5. The zero-order valence-electron chi connectivity index (χ0n) is 20.1. The van der Waals surface area contributed by atoms with E-state index in [9.17, 15) is 5.11 Å². The average molecular weight is 409 g/mol. The second-order valence-electron chi connectivity index (χ2n) is 13.1. The Bertz CT molecular complexity index is 773. The van der Waals surface area contributed by atoms with E-state index in [4.69, 9.17) is 0 Å². The molecular weight excluding hydrogens is 364 g/mol. The fourth-order valence-electron chi connectivity index (χ4n) is 9.00. The molecule has 30 heavy (non-hydrogen) atoms. The van der Waals surface area contributed by atoms with E-state index in [-0.39, 0.29) is 11.5 Å². The number of aliphatic hydroxyl groups is 1. The molecule has 0 spiro atoms. The number of benzene rings is 1. The molecule has 1 aromatic carbocycles. The van der Waals surface area contributed by atoms with Crippen molar-refractivity contribution in [3.8, 4) is 0 Å². The summed E-state index contributed by atoms with van der Waals surface area (Å²) in [5, 5.41) is 10.3. The van der Waals surface area contributed by atoms with Gasteiger partial charge in [-0.15, -0.1) is 0 Å². The van der Waals surface area contributed by atoms with Crippen LogP contribution in [0.25, 0.3) is 0 Å². The molecule has 4 aliphatic rings. The summed E-state index contributed by atoms with van der Waals surface area (Å²) in [5.41, 5.74) is 4.28. The minimum Gasteiger partial charge on any atom is -0.393 e. The van der Waals surface area contributed by atoms with E-state index in [2.05, 4.69) is 58.9 Å². The van der Waals surface area contributed by atoms with E-state index < -0.39 is 0 Å². The third kappa shape index (κ3) is 3.13. The zero-order chi connectivity index (χ0) is 21.3. The van der Waals surface area contributed by atoms with Crippen LogP contribution in [0.1, 0.15) is 109 Å². The van der Waals surface area contributed by atoms with Gasteiger partial charge in [0, 0.05) is 0 Å². The van der Waals surface area contributed by atoms with Gasteiger partial charge in [0.1, 0.15) is 0 Å². The highest BCUT2D eigenvalue weighted by molar-refractivity contribution is 5.32. The van der Waals surface area contributed by atoms with E-state index in [0.29, 0.717) is 10.8 Å². The van der Waals surface area contributed by atoms with Crippen molar-refractivity contribution in [3.63, 3.8) is 0 Å². The van der Waals surface area contributed by atoms with Crippen molar-refractivity contribution in [2.24, 2.45) is 34.5 Å². The molecule has 0 aromatic heterocycles. The highest BCUT2D eigenvalue weighted by atomic mass is 16.3. The number of rotatable bonds is 1. The first-order chi connectivity index (χ1) is 14.1. The molecule has 0 saturated heterocycles. The van der Waals surface area contributed by atoms with Crippen LogP contribution in [0.2, 0.25) is 0 Å². The molecule has 0 heterocycles. The zero-order valence-corrected chi connectivity index (χ0v) is 20.1. The van der Waals surface area contributed by atoms with Gasteiger partial charge in [-0.3, -0.25) is 0 Å². The van der Waals surface area contributed by atoms with Crippen LogP contribution in [-0.2, 0) is 5.41 Å². The first-order valence-corrected chi connectivity index (χ1v) is 12.9. The summed E-state index contributed by atoms with van der Waals surface area (Å²) in [6.07, 6.45) is 11.8. The highest BCUT2D eigenvalue weighted by Gasteiger charge is 2.60. The van der Waals surface area contributed by atoms with E-state index in [1.165, 1.54) is 50.5 Å². The standard InChI is InChI=1S/C29H44O/c1-27(2,3)20-8-6-19(7-9-20)24-12-13-25-23-11-10-21-18-22(30)14-16-28(21,4)26(23)15-17-29(24,25)5/h6-9,21-26,30H,10-18H2,1-5H3/t21?,22-,23-,24+,25-,26-,28-,29+/m0/s1. The number of hydrogen-bond donors (Lipinski definition) is 1. The van der Waals surface area contributed by atoms with Crippen molar-refractivity contribution in [3.05, 3.63) is 35.4 Å². The Morgan fingerprint density at radius 3 is 2.17 bits per heavy atom. The van der Waals surface area contributed by atoms with Crippen LogP contribution < -0.4 is 0 Å². The van der Waals surface area contributed by atoms with Gasteiger partial charge in [-0.25, -0.2) is 0 Å². The Morgan fingerprint density at radius 1 is 0.800 bits per heavy atom. The van der Waals surface area contributed by atoms with Crippen molar-refractivity contribution < 1.29 is 5.11 Å². The Balaban J connectivity index is 1.39. The van der Waals surface area contributed by atoms with Gasteiger partial charge in [0.25, 0.3) is 0 Å². The van der Waals surface area contributed by atoms with Crippen LogP contribution in [0.15, 0.2) is 24.3 Å². The van der Waals surface area contributed by atoms with Crippen LogP contribution in [0.4, 0.5) is 0 Å². The van der Waals surface area contributed by atoms with Crippen molar-refractivity contribution >= 4 is 0 Å². The van der Waals surface area contributed by atoms with Gasteiger partial charge < -0.3 is 5.11 Å². The van der Waals surface area contributed by atoms with E-state index in [1.807, 2.05) is 0 Å². The monoisotopic (exact) mass is 408 g/mol. The Morgan fingerprint density at radius 2 is 1.47 bits per heavy atom. The fraction of sp³-hybridized carbons (Fsp3) is 0.793. The van der Waals surface area contributed by atoms with Gasteiger partial charge >= 0.3 is 0 Å². The van der Waals surface area contributed by atoms with Crippen molar-refractivity contribution in [2.75, 3.05) is 0 Å².